The van der Waals surface area contributed by atoms with E-state index in [-0.39, 0.29) is 17.4 Å². The molecule has 21 heavy (non-hydrogen) atoms. The Hall–Kier alpha value is -1.61. The van der Waals surface area contributed by atoms with Gasteiger partial charge in [-0.15, -0.1) is 0 Å². The number of nitrogens with zero attached hydrogens (tertiary/aromatic N) is 1. The van der Waals surface area contributed by atoms with Crippen LogP contribution in [0.3, 0.4) is 0 Å². The molecule has 0 bridgehead atoms. The summed E-state index contributed by atoms with van der Waals surface area (Å²) in [5.41, 5.74) is 0.0134. The summed E-state index contributed by atoms with van der Waals surface area (Å²) in [5.74, 6) is -0.100. The first kappa shape index (κ1) is 15.8. The van der Waals surface area contributed by atoms with Gasteiger partial charge in [0.25, 0.3) is 5.91 Å². The first-order valence-corrected chi connectivity index (χ1v) is 6.40. The van der Waals surface area contributed by atoms with Gasteiger partial charge in [-0.05, 0) is 6.42 Å². The van der Waals surface area contributed by atoms with Gasteiger partial charge in [0, 0.05) is 25.1 Å². The molecule has 1 aliphatic rings. The van der Waals surface area contributed by atoms with Gasteiger partial charge >= 0.3 is 6.18 Å². The molecule has 2 heterocycles. The molecule has 1 atom stereocenters. The topological polar surface area (TPSA) is 73.6 Å². The number of alkyl halides is 3. The van der Waals surface area contributed by atoms with Crippen molar-refractivity contribution in [2.45, 2.75) is 19.2 Å². The third-order valence-corrected chi connectivity index (χ3v) is 2.88. The Morgan fingerprint density at radius 3 is 3.00 bits per heavy atom. The summed E-state index contributed by atoms with van der Waals surface area (Å²) in [4.78, 5) is 11.8. The van der Waals surface area contributed by atoms with Crippen molar-refractivity contribution in [2.75, 3.05) is 26.4 Å². The normalized spacial score (nSPS) is 18.9. The third-order valence-electron chi connectivity index (χ3n) is 2.88. The van der Waals surface area contributed by atoms with Crippen LogP contribution in [0.15, 0.2) is 10.6 Å². The fourth-order valence-corrected chi connectivity index (χ4v) is 1.83. The highest BCUT2D eigenvalue weighted by Gasteiger charge is 2.27. The quantitative estimate of drug-likeness (QED) is 0.862. The molecule has 6 nitrogen and oxygen atoms in total. The summed E-state index contributed by atoms with van der Waals surface area (Å²) >= 11 is 0. The van der Waals surface area contributed by atoms with Gasteiger partial charge in [0.1, 0.15) is 13.2 Å². The Kier molecular flexibility index (Phi) is 5.18. The van der Waals surface area contributed by atoms with E-state index >= 15 is 0 Å². The zero-order valence-corrected chi connectivity index (χ0v) is 11.1. The molecule has 1 aromatic heterocycles. The van der Waals surface area contributed by atoms with Crippen molar-refractivity contribution in [2.24, 2.45) is 5.92 Å². The smallest absolute Gasteiger partial charge is 0.381 e. The maximum atomic E-state index is 11.9. The molecule has 1 saturated heterocycles. The summed E-state index contributed by atoms with van der Waals surface area (Å²) in [6, 6.07) is 1.26. The molecule has 1 N–H and O–H groups in total. The van der Waals surface area contributed by atoms with Crippen LogP contribution in [0.2, 0.25) is 0 Å². The highest BCUT2D eigenvalue weighted by Crippen LogP contribution is 2.16. The molecule has 1 fully saturated rings. The second-order valence-corrected chi connectivity index (χ2v) is 4.73. The van der Waals surface area contributed by atoms with Crippen molar-refractivity contribution in [3.63, 3.8) is 0 Å². The number of carbonyl (C=O) groups is 1. The molecule has 0 saturated carbocycles. The van der Waals surface area contributed by atoms with Crippen molar-refractivity contribution < 1.29 is 32.0 Å². The van der Waals surface area contributed by atoms with Gasteiger partial charge in [-0.2, -0.15) is 13.2 Å². The van der Waals surface area contributed by atoms with Gasteiger partial charge in [0.15, 0.2) is 11.5 Å². The summed E-state index contributed by atoms with van der Waals surface area (Å²) in [6.45, 7) is -0.0143. The van der Waals surface area contributed by atoms with Crippen LogP contribution < -0.4 is 5.32 Å². The highest BCUT2D eigenvalue weighted by atomic mass is 19.4. The van der Waals surface area contributed by atoms with Crippen LogP contribution in [0.1, 0.15) is 22.7 Å². The minimum absolute atomic E-state index is 0.0134. The number of carbonyl (C=O) groups excluding carboxylic acids is 1. The Balaban J connectivity index is 1.74. The number of hydrogen-bond acceptors (Lipinski definition) is 5. The number of hydrogen-bond donors (Lipinski definition) is 1. The monoisotopic (exact) mass is 308 g/mol. The van der Waals surface area contributed by atoms with E-state index in [1.54, 1.807) is 0 Å². The maximum Gasteiger partial charge on any atom is 0.411 e. The highest BCUT2D eigenvalue weighted by molar-refractivity contribution is 5.92. The predicted octanol–water partition coefficient (Wildman–Crippen LogP) is 1.52. The van der Waals surface area contributed by atoms with Gasteiger partial charge in [-0.3, -0.25) is 4.79 Å². The van der Waals surface area contributed by atoms with E-state index in [1.165, 1.54) is 6.07 Å². The fraction of sp³-hybridized carbons (Fsp3) is 0.667. The van der Waals surface area contributed by atoms with Crippen LogP contribution in [-0.2, 0) is 16.1 Å². The Bertz CT molecular complexity index is 469. The van der Waals surface area contributed by atoms with E-state index in [0.29, 0.717) is 19.8 Å². The molecule has 9 heteroatoms. The predicted molar refractivity (Wildman–Crippen MR) is 63.5 cm³/mol. The number of rotatable bonds is 6. The summed E-state index contributed by atoms with van der Waals surface area (Å²) in [7, 11) is 0. The van der Waals surface area contributed by atoms with Gasteiger partial charge in [-0.1, -0.05) is 5.16 Å². The fourth-order valence-electron chi connectivity index (χ4n) is 1.83. The Labute approximate surface area is 118 Å². The first-order valence-electron chi connectivity index (χ1n) is 6.40. The molecule has 0 aromatic carbocycles. The maximum absolute atomic E-state index is 11.9. The minimum Gasteiger partial charge on any atom is -0.381 e. The first-order chi connectivity index (χ1) is 9.94. The molecule has 1 aromatic rings. The van der Waals surface area contributed by atoms with E-state index in [4.69, 9.17) is 9.26 Å². The molecular weight excluding hydrogens is 293 g/mol. The minimum atomic E-state index is -4.40. The second-order valence-electron chi connectivity index (χ2n) is 4.73. The van der Waals surface area contributed by atoms with Crippen molar-refractivity contribution in [1.29, 1.82) is 0 Å². The van der Waals surface area contributed by atoms with Crippen LogP contribution in [-0.4, -0.2) is 43.6 Å². The van der Waals surface area contributed by atoms with Gasteiger partial charge in [-0.25, -0.2) is 0 Å². The molecule has 2 rings (SSSR count). The molecular formula is C12H15F3N2O4. The number of halogens is 3. The lowest BCUT2D eigenvalue weighted by Gasteiger charge is -2.07. The zero-order chi connectivity index (χ0) is 15.3. The van der Waals surface area contributed by atoms with Crippen LogP contribution in [0.4, 0.5) is 13.2 Å². The zero-order valence-electron chi connectivity index (χ0n) is 11.1. The number of nitrogens with one attached hydrogen (secondary N) is 1. The molecule has 0 aliphatic carbocycles. The summed E-state index contributed by atoms with van der Waals surface area (Å²) < 4.78 is 50.0. The SMILES string of the molecule is O=C(NCC1CCOC1)c1cc(COCC(F)(F)F)on1. The number of aromatic nitrogens is 1. The van der Waals surface area contributed by atoms with Crippen molar-refractivity contribution in [3.05, 3.63) is 17.5 Å². The van der Waals surface area contributed by atoms with E-state index in [1.807, 2.05) is 0 Å². The second kappa shape index (κ2) is 6.90. The van der Waals surface area contributed by atoms with E-state index in [9.17, 15) is 18.0 Å². The summed E-state index contributed by atoms with van der Waals surface area (Å²) in [6.07, 6.45) is -3.51. The van der Waals surface area contributed by atoms with Crippen molar-refractivity contribution in [3.8, 4) is 0 Å². The molecule has 0 radical (unpaired) electrons. The molecule has 1 amide bonds. The van der Waals surface area contributed by atoms with Gasteiger partial charge in [0.2, 0.25) is 0 Å². The molecule has 1 unspecified atom stereocenters. The van der Waals surface area contributed by atoms with Crippen LogP contribution in [0.25, 0.3) is 0 Å². The van der Waals surface area contributed by atoms with Gasteiger partial charge in [0.05, 0.1) is 6.61 Å². The van der Waals surface area contributed by atoms with Crippen LogP contribution in [0.5, 0.6) is 0 Å². The summed E-state index contributed by atoms with van der Waals surface area (Å²) in [5, 5.41) is 6.17. The molecule has 0 spiro atoms. The number of ether oxygens (including phenoxy) is 2. The average Bonchev–Trinajstić information content (AvgIpc) is 3.05. The average molecular weight is 308 g/mol. The largest absolute Gasteiger partial charge is 0.411 e. The van der Waals surface area contributed by atoms with E-state index in [0.717, 1.165) is 6.42 Å². The van der Waals surface area contributed by atoms with E-state index in [2.05, 4.69) is 15.2 Å². The lowest BCUT2D eigenvalue weighted by molar-refractivity contribution is -0.177. The van der Waals surface area contributed by atoms with Crippen molar-refractivity contribution in [1.82, 2.24) is 10.5 Å². The third kappa shape index (κ3) is 5.35. The lowest BCUT2D eigenvalue weighted by atomic mass is 10.1. The van der Waals surface area contributed by atoms with E-state index < -0.39 is 25.3 Å². The van der Waals surface area contributed by atoms with Crippen molar-refractivity contribution >= 4 is 5.91 Å². The Morgan fingerprint density at radius 2 is 2.33 bits per heavy atom. The van der Waals surface area contributed by atoms with Gasteiger partial charge < -0.3 is 19.3 Å². The lowest BCUT2D eigenvalue weighted by Crippen LogP contribution is -2.29. The molecule has 1 aliphatic heterocycles. The van der Waals surface area contributed by atoms with Crippen LogP contribution >= 0.6 is 0 Å². The standard InChI is InChI=1S/C12H15F3N2O4/c13-12(14,15)7-20-6-9-3-10(17-21-9)11(18)16-4-8-1-2-19-5-8/h3,8H,1-2,4-7H2,(H,16,18). The molecule has 118 valence electrons. The van der Waals surface area contributed by atoms with Crippen LogP contribution in [0, 0.1) is 5.92 Å². The number of amides is 1. The Morgan fingerprint density at radius 1 is 1.52 bits per heavy atom.